The van der Waals surface area contributed by atoms with Gasteiger partial charge in [0.1, 0.15) is 9.79 Å². The number of amidine groups is 1. The number of hydrogen-bond donors (Lipinski definition) is 6. The van der Waals surface area contributed by atoms with Crippen molar-refractivity contribution < 1.29 is 100 Å². The number of azo groups is 2. The molecule has 0 bridgehead atoms. The summed E-state index contributed by atoms with van der Waals surface area (Å²) >= 11 is 0. The molecule has 17 nitrogen and oxygen atoms in total. The van der Waals surface area contributed by atoms with Crippen LogP contribution in [0.2, 0.25) is 0 Å². The first-order valence-electron chi connectivity index (χ1n) is 14.7. The first-order chi connectivity index (χ1) is 24.6. The Labute approximate surface area is 351 Å². The first kappa shape index (κ1) is 42.1. The standard InChI is InChI=1S/C33H26N8O9S2.2Na/c34-25-11-3-9-21-23(25)15-27(51(45,46)47)29(31(21)42)40-38-19-7-1-5-17(13-19)36-33(44)37-18-6-2-8-20(14-18)39-41-30-28(52(48,49)50)16-24-22(32(30)43)10-4-12-26(24)35;;/h1-16,42-43H,34-35H2,(H2,36,37,44)(H,45,46,47)(H,48,49,50);;/q;2*+1/p-2. The smallest absolute Gasteiger partial charge is 0.871 e. The van der Waals surface area contributed by atoms with Gasteiger partial charge in [-0.25, -0.2) is 0 Å². The monoisotopic (exact) mass is 786 g/mol. The van der Waals surface area contributed by atoms with Gasteiger partial charge in [-0.2, -0.15) is 32.1 Å². The topological polar surface area (TPSA) is 301 Å². The Balaban J connectivity index is 0.00000325. The quantitative estimate of drug-likeness (QED) is 0.0303. The fraction of sp³-hybridized carbons (Fsp3) is 0. The summed E-state index contributed by atoms with van der Waals surface area (Å²) in [5, 5.41) is 55.3. The molecule has 0 spiro atoms. The van der Waals surface area contributed by atoms with Gasteiger partial charge in [0.05, 0.1) is 28.4 Å². The van der Waals surface area contributed by atoms with Crippen molar-refractivity contribution in [2.45, 2.75) is 9.79 Å². The normalized spacial score (nSPS) is 12.2. The maximum atomic E-state index is 13.1. The van der Waals surface area contributed by atoms with Gasteiger partial charge in [0.2, 0.25) is 0 Å². The summed E-state index contributed by atoms with van der Waals surface area (Å²) in [5.74, 6) is -1.65. The molecule has 6 aromatic rings. The number of nitrogens with two attached hydrogens (primary N) is 2. The van der Waals surface area contributed by atoms with Gasteiger partial charge in [0.15, 0.2) is 0 Å². The van der Waals surface area contributed by atoms with E-state index in [0.29, 0.717) is 0 Å². The molecule has 0 aliphatic heterocycles. The predicted molar refractivity (Wildman–Crippen MR) is 190 cm³/mol. The molecule has 6 rings (SSSR count). The van der Waals surface area contributed by atoms with Crippen LogP contribution in [0, 0.1) is 0 Å². The number of aliphatic imine (C=N–C) groups is 1. The molecular formula is C33H24N8Na2O9S2. The molecule has 0 fully saturated rings. The van der Waals surface area contributed by atoms with Crippen LogP contribution in [0.15, 0.2) is 132 Å². The predicted octanol–water partition coefficient (Wildman–Crippen LogP) is 0.294. The number of nitrogen functional groups attached to an aromatic ring is 2. The van der Waals surface area contributed by atoms with Crippen LogP contribution in [0.3, 0.4) is 0 Å². The van der Waals surface area contributed by atoms with Crippen LogP contribution in [0.1, 0.15) is 0 Å². The molecule has 0 heterocycles. The van der Waals surface area contributed by atoms with Gasteiger partial charge >= 0.3 is 59.1 Å². The summed E-state index contributed by atoms with van der Waals surface area (Å²) in [7, 11) is -9.80. The maximum absolute atomic E-state index is 13.1. The molecule has 0 radical (unpaired) electrons. The van der Waals surface area contributed by atoms with Gasteiger partial charge in [-0.05, 0) is 71.4 Å². The number of aliphatic hydroxyl groups is 1. The SMILES string of the molecule is Nc1cccc2c([O-])c(N=Nc3cccc(N=C(O)Nc4cccc(N=Nc5c(S(=O)(=O)O)cc6c(N)cccc6c5[O-])c4)c3)c(S(=O)(=O)O)cc12.[Na+].[Na+]. The zero-order valence-corrected chi connectivity index (χ0v) is 33.9. The summed E-state index contributed by atoms with van der Waals surface area (Å²) < 4.78 is 68.0. The molecule has 8 N–H and O–H groups in total. The Hall–Kier alpha value is -4.67. The van der Waals surface area contributed by atoms with Crippen LogP contribution in [-0.4, -0.2) is 37.1 Å². The van der Waals surface area contributed by atoms with Crippen LogP contribution < -0.4 is 86.1 Å². The first-order valence-corrected chi connectivity index (χ1v) is 17.6. The van der Waals surface area contributed by atoms with Crippen molar-refractivity contribution in [3.8, 4) is 11.5 Å². The maximum Gasteiger partial charge on any atom is 1.00 e. The molecule has 0 unspecified atom stereocenters. The number of anilines is 3. The summed E-state index contributed by atoms with van der Waals surface area (Å²) in [4.78, 5) is 2.50. The number of fused-ring (bicyclic) bond motifs is 2. The Morgan fingerprint density at radius 1 is 0.574 bits per heavy atom. The number of hydrogen-bond acceptors (Lipinski definition) is 13. The van der Waals surface area contributed by atoms with E-state index < -0.39 is 58.9 Å². The molecule has 6 aromatic carbocycles. The molecule has 0 saturated heterocycles. The van der Waals surface area contributed by atoms with E-state index in [1.54, 1.807) is 0 Å². The minimum Gasteiger partial charge on any atom is -0.871 e. The number of benzene rings is 6. The van der Waals surface area contributed by atoms with Gasteiger partial charge < -0.3 is 32.1 Å². The van der Waals surface area contributed by atoms with Crippen LogP contribution in [0.4, 0.5) is 45.5 Å². The van der Waals surface area contributed by atoms with Crippen molar-refractivity contribution in [3.05, 3.63) is 97.1 Å². The van der Waals surface area contributed by atoms with Crippen molar-refractivity contribution in [1.29, 1.82) is 0 Å². The minimum atomic E-state index is -4.90. The van der Waals surface area contributed by atoms with Gasteiger partial charge in [-0.3, -0.25) is 9.11 Å². The molecule has 0 amide bonds. The van der Waals surface area contributed by atoms with Crippen LogP contribution in [0.5, 0.6) is 11.5 Å². The van der Waals surface area contributed by atoms with Gasteiger partial charge in [-0.15, -0.1) is 10.2 Å². The second-order valence-corrected chi connectivity index (χ2v) is 13.8. The number of nitrogens with zero attached hydrogens (tertiary/aromatic N) is 5. The third kappa shape index (κ3) is 9.16. The van der Waals surface area contributed by atoms with E-state index in [1.807, 2.05) is 0 Å². The van der Waals surface area contributed by atoms with Crippen molar-refractivity contribution in [2.75, 3.05) is 16.8 Å². The third-order valence-electron chi connectivity index (χ3n) is 7.47. The zero-order valence-electron chi connectivity index (χ0n) is 28.2. The second-order valence-electron chi connectivity index (χ2n) is 11.0. The summed E-state index contributed by atoms with van der Waals surface area (Å²) in [6, 6.07) is 22.0. The van der Waals surface area contributed by atoms with Crippen LogP contribution >= 0.6 is 0 Å². The Kier molecular flexibility index (Phi) is 13.1. The molecule has 0 aliphatic carbocycles. The molecule has 0 atom stereocenters. The fourth-order valence-electron chi connectivity index (χ4n) is 5.11. The molecule has 54 heavy (non-hydrogen) atoms. The van der Waals surface area contributed by atoms with Gasteiger partial charge in [0, 0.05) is 27.8 Å². The largest absolute Gasteiger partial charge is 1.00 e. The molecule has 0 aliphatic rings. The zero-order chi connectivity index (χ0) is 37.4. The van der Waals surface area contributed by atoms with E-state index in [-0.39, 0.29) is 115 Å². The van der Waals surface area contributed by atoms with Gasteiger partial charge in [0.25, 0.3) is 26.3 Å². The molecular weight excluding hydrogens is 763 g/mol. The average Bonchev–Trinajstić information content (AvgIpc) is 3.07. The van der Waals surface area contributed by atoms with E-state index in [2.05, 4.69) is 30.8 Å². The molecule has 264 valence electrons. The third-order valence-corrected chi connectivity index (χ3v) is 9.20. The van der Waals surface area contributed by atoms with Gasteiger partial charge in [-0.1, -0.05) is 47.9 Å². The molecule has 0 aromatic heterocycles. The van der Waals surface area contributed by atoms with Crippen LogP contribution in [0.25, 0.3) is 21.5 Å². The van der Waals surface area contributed by atoms with E-state index in [9.17, 15) is 41.3 Å². The van der Waals surface area contributed by atoms with E-state index in [1.165, 1.54) is 84.9 Å². The van der Waals surface area contributed by atoms with Crippen molar-refractivity contribution in [1.82, 2.24) is 0 Å². The number of aliphatic hydroxyl groups excluding tert-OH is 1. The van der Waals surface area contributed by atoms with Crippen LogP contribution in [-0.2, 0) is 20.2 Å². The van der Waals surface area contributed by atoms with Crippen molar-refractivity contribution in [3.63, 3.8) is 0 Å². The van der Waals surface area contributed by atoms with E-state index >= 15 is 0 Å². The molecule has 0 saturated carbocycles. The number of nitrogens with one attached hydrogen (secondary N) is 1. The van der Waals surface area contributed by atoms with Crippen molar-refractivity contribution in [2.24, 2.45) is 25.4 Å². The number of rotatable bonds is 8. The van der Waals surface area contributed by atoms with Crippen molar-refractivity contribution >= 4 is 93.3 Å². The average molecular weight is 787 g/mol. The Morgan fingerprint density at radius 2 is 1.00 bits per heavy atom. The van der Waals surface area contributed by atoms with E-state index in [0.717, 1.165) is 12.1 Å². The molecule has 21 heteroatoms. The fourth-order valence-corrected chi connectivity index (χ4v) is 6.40. The minimum absolute atomic E-state index is 0. The van der Waals surface area contributed by atoms with E-state index in [4.69, 9.17) is 11.5 Å². The summed E-state index contributed by atoms with van der Waals surface area (Å²) in [6.45, 7) is 0. The second kappa shape index (κ2) is 16.8. The Bertz CT molecular complexity index is 2750. The summed E-state index contributed by atoms with van der Waals surface area (Å²) in [5.41, 5.74) is 11.4. The Morgan fingerprint density at radius 3 is 1.48 bits per heavy atom. The summed E-state index contributed by atoms with van der Waals surface area (Å²) in [6.07, 6.45) is 0.